The van der Waals surface area contributed by atoms with Crippen LogP contribution in [0.15, 0.2) is 4.52 Å². The molecule has 1 saturated carbocycles. The summed E-state index contributed by atoms with van der Waals surface area (Å²) >= 11 is 0. The molecule has 0 aromatic carbocycles. The van der Waals surface area contributed by atoms with Gasteiger partial charge in [-0.1, -0.05) is 30.8 Å². The van der Waals surface area contributed by atoms with E-state index in [0.29, 0.717) is 25.0 Å². The lowest BCUT2D eigenvalue weighted by molar-refractivity contribution is -0.129. The zero-order chi connectivity index (χ0) is 15.6. The number of rotatable bonds is 3. The van der Waals surface area contributed by atoms with Gasteiger partial charge in [-0.25, -0.2) is 0 Å². The van der Waals surface area contributed by atoms with Crippen molar-refractivity contribution in [1.29, 1.82) is 0 Å². The quantitative estimate of drug-likeness (QED) is 0.801. The molecule has 4 rings (SSSR count). The van der Waals surface area contributed by atoms with E-state index in [0.717, 1.165) is 38.2 Å². The molecule has 3 aliphatic rings. The normalized spacial score (nSPS) is 30.1. The lowest BCUT2D eigenvalue weighted by Crippen LogP contribution is -2.36. The minimum Gasteiger partial charge on any atom is -0.381 e. The first kappa shape index (κ1) is 15.1. The first-order valence-electron chi connectivity index (χ1n) is 9.02. The second kappa shape index (κ2) is 6.59. The summed E-state index contributed by atoms with van der Waals surface area (Å²) in [6.45, 7) is 2.19. The Morgan fingerprint density at radius 3 is 2.61 bits per heavy atom. The molecule has 2 aliphatic heterocycles. The zero-order valence-electron chi connectivity index (χ0n) is 13.6. The van der Waals surface area contributed by atoms with Crippen LogP contribution in [0.2, 0.25) is 0 Å². The van der Waals surface area contributed by atoms with E-state index < -0.39 is 0 Å². The van der Waals surface area contributed by atoms with Gasteiger partial charge in [0.1, 0.15) is 0 Å². The number of hydrogen-bond donors (Lipinski definition) is 0. The van der Waals surface area contributed by atoms with Crippen molar-refractivity contribution in [1.82, 2.24) is 15.0 Å². The average Bonchev–Trinajstić information content (AvgIpc) is 3.25. The summed E-state index contributed by atoms with van der Waals surface area (Å²) in [4.78, 5) is 19.1. The van der Waals surface area contributed by atoms with Crippen LogP contribution < -0.4 is 0 Å². The number of aromatic nitrogens is 2. The largest absolute Gasteiger partial charge is 0.381 e. The van der Waals surface area contributed by atoms with Crippen LogP contribution in [0.4, 0.5) is 0 Å². The van der Waals surface area contributed by atoms with Gasteiger partial charge in [-0.3, -0.25) is 4.79 Å². The lowest BCUT2D eigenvalue weighted by Gasteiger charge is -2.26. The van der Waals surface area contributed by atoms with E-state index >= 15 is 0 Å². The van der Waals surface area contributed by atoms with E-state index in [1.54, 1.807) is 0 Å². The summed E-state index contributed by atoms with van der Waals surface area (Å²) in [5.74, 6) is 1.96. The highest BCUT2D eigenvalue weighted by Crippen LogP contribution is 2.33. The minimum atomic E-state index is 0.0642. The van der Waals surface area contributed by atoms with Gasteiger partial charge in [0.2, 0.25) is 11.8 Å². The van der Waals surface area contributed by atoms with Crippen molar-refractivity contribution in [2.75, 3.05) is 19.8 Å². The van der Waals surface area contributed by atoms with Crippen LogP contribution in [0.3, 0.4) is 0 Å². The average molecular weight is 319 g/mol. The molecular weight excluding hydrogens is 294 g/mol. The third-order valence-electron chi connectivity index (χ3n) is 5.53. The minimum absolute atomic E-state index is 0.0642. The Morgan fingerprint density at radius 1 is 1.04 bits per heavy atom. The molecule has 1 amide bonds. The third-order valence-corrected chi connectivity index (χ3v) is 5.53. The van der Waals surface area contributed by atoms with Crippen LogP contribution >= 0.6 is 0 Å². The summed E-state index contributed by atoms with van der Waals surface area (Å²) in [7, 11) is 0. The summed E-state index contributed by atoms with van der Waals surface area (Å²) in [5.41, 5.74) is 0. The van der Waals surface area contributed by atoms with E-state index in [-0.39, 0.29) is 17.7 Å². The third kappa shape index (κ3) is 3.13. The molecule has 126 valence electrons. The number of hydrogen-bond acceptors (Lipinski definition) is 5. The van der Waals surface area contributed by atoms with Crippen LogP contribution in [0.1, 0.15) is 74.9 Å². The lowest BCUT2D eigenvalue weighted by atomic mass is 10.1. The Labute approximate surface area is 136 Å². The van der Waals surface area contributed by atoms with Gasteiger partial charge < -0.3 is 14.2 Å². The maximum atomic E-state index is 12.4. The monoisotopic (exact) mass is 319 g/mol. The van der Waals surface area contributed by atoms with Crippen molar-refractivity contribution in [3.05, 3.63) is 11.7 Å². The molecule has 6 heteroatoms. The Balaban J connectivity index is 1.43. The highest BCUT2D eigenvalue weighted by Gasteiger charge is 2.38. The van der Waals surface area contributed by atoms with E-state index in [1.165, 1.54) is 25.7 Å². The van der Waals surface area contributed by atoms with Crippen molar-refractivity contribution in [3.63, 3.8) is 0 Å². The molecular formula is C17H25N3O3. The molecule has 1 aromatic heterocycles. The van der Waals surface area contributed by atoms with E-state index in [1.807, 2.05) is 0 Å². The maximum absolute atomic E-state index is 12.4. The summed E-state index contributed by atoms with van der Waals surface area (Å²) in [5, 5.41) is 4.12. The van der Waals surface area contributed by atoms with Gasteiger partial charge in [-0.05, 0) is 19.3 Å². The summed E-state index contributed by atoms with van der Waals surface area (Å²) in [6.07, 6.45) is 8.85. The number of carbonyl (C=O) groups excluding carboxylic acids is 1. The maximum Gasteiger partial charge on any atom is 0.232 e. The van der Waals surface area contributed by atoms with Gasteiger partial charge >= 0.3 is 0 Å². The molecule has 3 fully saturated rings. The van der Waals surface area contributed by atoms with E-state index in [4.69, 9.17) is 9.26 Å². The zero-order valence-corrected chi connectivity index (χ0v) is 13.6. The highest BCUT2D eigenvalue weighted by atomic mass is 16.5. The number of carbonyl (C=O) groups is 1. The Hall–Kier alpha value is -1.43. The molecule has 2 saturated heterocycles. The van der Waals surface area contributed by atoms with Crippen LogP contribution in [-0.2, 0) is 9.53 Å². The topological polar surface area (TPSA) is 68.5 Å². The molecule has 2 unspecified atom stereocenters. The van der Waals surface area contributed by atoms with Gasteiger partial charge in [0.25, 0.3) is 0 Å². The van der Waals surface area contributed by atoms with E-state index in [9.17, 15) is 4.79 Å². The van der Waals surface area contributed by atoms with Gasteiger partial charge in [-0.15, -0.1) is 0 Å². The molecule has 0 radical (unpaired) electrons. The summed E-state index contributed by atoms with van der Waals surface area (Å²) < 4.78 is 10.9. The number of ether oxygens (including phenoxy) is 1. The van der Waals surface area contributed by atoms with Crippen molar-refractivity contribution in [3.8, 4) is 0 Å². The van der Waals surface area contributed by atoms with E-state index in [2.05, 4.69) is 15.0 Å². The van der Waals surface area contributed by atoms with Crippen LogP contribution in [0, 0.1) is 0 Å². The Kier molecular flexibility index (Phi) is 4.33. The molecule has 2 atom stereocenters. The molecule has 0 N–H and O–H groups in total. The number of likely N-dealkylation sites (tertiary alicyclic amines) is 1. The second-order valence-corrected chi connectivity index (χ2v) is 7.14. The molecule has 23 heavy (non-hydrogen) atoms. The fraction of sp³-hybridized carbons (Fsp3) is 0.824. The fourth-order valence-corrected chi connectivity index (χ4v) is 4.14. The molecule has 1 aliphatic carbocycles. The van der Waals surface area contributed by atoms with Gasteiger partial charge in [0.15, 0.2) is 5.82 Å². The molecule has 0 spiro atoms. The SMILES string of the molecule is O=C1CC(c2nc(C3CCOC3)no2)CN1C1CCCCCC1. The van der Waals surface area contributed by atoms with Crippen LogP contribution in [-0.4, -0.2) is 46.7 Å². The Morgan fingerprint density at radius 2 is 1.87 bits per heavy atom. The van der Waals surface area contributed by atoms with Gasteiger partial charge in [0, 0.05) is 31.5 Å². The van der Waals surface area contributed by atoms with Crippen LogP contribution in [0.5, 0.6) is 0 Å². The van der Waals surface area contributed by atoms with Crippen molar-refractivity contribution in [2.45, 2.75) is 69.2 Å². The first-order chi connectivity index (χ1) is 11.3. The van der Waals surface area contributed by atoms with Crippen molar-refractivity contribution >= 4 is 5.91 Å². The van der Waals surface area contributed by atoms with Gasteiger partial charge in [0.05, 0.1) is 12.5 Å². The van der Waals surface area contributed by atoms with Crippen molar-refractivity contribution in [2.24, 2.45) is 0 Å². The highest BCUT2D eigenvalue weighted by molar-refractivity contribution is 5.79. The Bertz CT molecular complexity index is 545. The van der Waals surface area contributed by atoms with Crippen LogP contribution in [0.25, 0.3) is 0 Å². The molecule has 6 nitrogen and oxygen atoms in total. The molecule has 3 heterocycles. The van der Waals surface area contributed by atoms with Crippen molar-refractivity contribution < 1.29 is 14.1 Å². The number of amides is 1. The summed E-state index contributed by atoms with van der Waals surface area (Å²) in [6, 6.07) is 0.417. The smallest absolute Gasteiger partial charge is 0.232 e. The second-order valence-electron chi connectivity index (χ2n) is 7.14. The molecule has 1 aromatic rings. The predicted molar refractivity (Wildman–Crippen MR) is 83.0 cm³/mol. The van der Waals surface area contributed by atoms with Gasteiger partial charge in [-0.2, -0.15) is 4.98 Å². The standard InChI is InChI=1S/C17H25N3O3/c21-15-9-13(10-20(15)14-5-3-1-2-4-6-14)17-18-16(19-23-17)12-7-8-22-11-12/h12-14H,1-11H2. The first-order valence-corrected chi connectivity index (χ1v) is 9.02. The fourth-order valence-electron chi connectivity index (χ4n) is 4.14. The molecule has 0 bridgehead atoms. The predicted octanol–water partition coefficient (Wildman–Crippen LogP) is 2.61. The number of nitrogens with zero attached hydrogens (tertiary/aromatic N) is 3.